The second-order valence-corrected chi connectivity index (χ2v) is 7.69. The number of benzene rings is 1. The molecule has 2 rings (SSSR count). The van der Waals surface area contributed by atoms with Gasteiger partial charge in [0.05, 0.1) is 6.04 Å². The van der Waals surface area contributed by atoms with Crippen molar-refractivity contribution in [2.45, 2.75) is 77.2 Å². The highest BCUT2D eigenvalue weighted by Crippen LogP contribution is 2.45. The maximum absolute atomic E-state index is 5.99. The average molecular weight is 283 g/mol. The van der Waals surface area contributed by atoms with Gasteiger partial charge < -0.3 is 5.73 Å². The van der Waals surface area contributed by atoms with Gasteiger partial charge in [0, 0.05) is 5.56 Å². The highest BCUT2D eigenvalue weighted by molar-refractivity contribution is 5.48. The van der Waals surface area contributed by atoms with E-state index in [9.17, 15) is 0 Å². The Morgan fingerprint density at radius 2 is 1.71 bits per heavy atom. The number of rotatable bonds is 2. The molecule has 1 unspecified atom stereocenters. The van der Waals surface area contributed by atoms with Crippen LogP contribution < -0.4 is 5.73 Å². The van der Waals surface area contributed by atoms with Crippen LogP contribution in [-0.2, 0) is 10.8 Å². The lowest BCUT2D eigenvalue weighted by Gasteiger charge is -2.41. The van der Waals surface area contributed by atoms with Crippen molar-refractivity contribution in [3.8, 4) is 11.8 Å². The highest BCUT2D eigenvalue weighted by atomic mass is 14.6. The molecule has 0 saturated carbocycles. The molecule has 1 aromatic carbocycles. The lowest BCUT2D eigenvalue weighted by Crippen LogP contribution is -2.33. The molecule has 1 nitrogen and oxygen atoms in total. The molecule has 0 aromatic heterocycles. The highest BCUT2D eigenvalue weighted by Gasteiger charge is 2.36. The van der Waals surface area contributed by atoms with E-state index >= 15 is 0 Å². The normalized spacial score (nSPS) is 20.1. The van der Waals surface area contributed by atoms with Crippen molar-refractivity contribution in [3.05, 3.63) is 34.9 Å². The maximum Gasteiger partial charge on any atom is 0.0668 e. The molecular weight excluding hydrogens is 254 g/mol. The zero-order chi connectivity index (χ0) is 15.7. The fourth-order valence-corrected chi connectivity index (χ4v) is 3.23. The Hall–Kier alpha value is -1.26. The van der Waals surface area contributed by atoms with Gasteiger partial charge in [-0.1, -0.05) is 58.9 Å². The third-order valence-corrected chi connectivity index (χ3v) is 4.85. The van der Waals surface area contributed by atoms with Crippen molar-refractivity contribution < 1.29 is 0 Å². The third-order valence-electron chi connectivity index (χ3n) is 4.85. The minimum absolute atomic E-state index is 0.00418. The van der Waals surface area contributed by atoms with Crippen molar-refractivity contribution in [1.82, 2.24) is 0 Å². The van der Waals surface area contributed by atoms with Crippen molar-refractivity contribution >= 4 is 0 Å². The van der Waals surface area contributed by atoms with E-state index in [1.54, 1.807) is 0 Å². The first-order valence-electron chi connectivity index (χ1n) is 8.18. The SMILES string of the molecule is CCCC(N)C#Cc1ccc2c(c1)C(C)(C)CCC2(C)C. The van der Waals surface area contributed by atoms with Gasteiger partial charge in [0.15, 0.2) is 0 Å². The van der Waals surface area contributed by atoms with Crippen molar-refractivity contribution in [1.29, 1.82) is 0 Å². The number of nitrogens with two attached hydrogens (primary N) is 1. The van der Waals surface area contributed by atoms with Crippen LogP contribution in [0.5, 0.6) is 0 Å². The van der Waals surface area contributed by atoms with E-state index in [1.807, 2.05) is 0 Å². The Bertz CT molecular complexity index is 569. The zero-order valence-corrected chi connectivity index (χ0v) is 14.2. The standard InChI is InChI=1S/C20H29N/c1-6-7-16(21)10-8-15-9-11-17-18(14-15)20(4,5)13-12-19(17,2)3/h9,11,14,16H,6-7,12-13,21H2,1-5H3. The van der Waals surface area contributed by atoms with Gasteiger partial charge in [0.1, 0.15) is 0 Å². The minimum Gasteiger partial charge on any atom is -0.318 e. The van der Waals surface area contributed by atoms with E-state index in [2.05, 4.69) is 64.7 Å². The predicted molar refractivity (Wildman–Crippen MR) is 91.5 cm³/mol. The maximum atomic E-state index is 5.99. The molecule has 0 amide bonds. The molecule has 21 heavy (non-hydrogen) atoms. The molecule has 1 aliphatic carbocycles. The van der Waals surface area contributed by atoms with Crippen LogP contribution in [-0.4, -0.2) is 6.04 Å². The van der Waals surface area contributed by atoms with Crippen LogP contribution in [0.4, 0.5) is 0 Å². The fraction of sp³-hybridized carbons (Fsp3) is 0.600. The van der Waals surface area contributed by atoms with Gasteiger partial charge in [0.25, 0.3) is 0 Å². The van der Waals surface area contributed by atoms with Crippen LogP contribution in [0, 0.1) is 11.8 Å². The monoisotopic (exact) mass is 283 g/mol. The molecule has 0 fully saturated rings. The van der Waals surface area contributed by atoms with E-state index in [4.69, 9.17) is 5.73 Å². The van der Waals surface area contributed by atoms with Gasteiger partial charge in [-0.2, -0.15) is 0 Å². The van der Waals surface area contributed by atoms with Gasteiger partial charge in [0.2, 0.25) is 0 Å². The molecule has 2 N–H and O–H groups in total. The summed E-state index contributed by atoms with van der Waals surface area (Å²) in [5, 5.41) is 0. The van der Waals surface area contributed by atoms with E-state index < -0.39 is 0 Å². The predicted octanol–water partition coefficient (Wildman–Crippen LogP) is 4.51. The van der Waals surface area contributed by atoms with Crippen LogP contribution in [0.2, 0.25) is 0 Å². The Morgan fingerprint density at radius 3 is 2.33 bits per heavy atom. The Balaban J connectivity index is 2.38. The first-order chi connectivity index (χ1) is 9.76. The summed E-state index contributed by atoms with van der Waals surface area (Å²) >= 11 is 0. The summed E-state index contributed by atoms with van der Waals surface area (Å²) < 4.78 is 0. The largest absolute Gasteiger partial charge is 0.318 e. The summed E-state index contributed by atoms with van der Waals surface area (Å²) in [6, 6.07) is 6.73. The molecule has 1 heteroatoms. The molecule has 1 aliphatic rings. The molecule has 0 radical (unpaired) electrons. The smallest absolute Gasteiger partial charge is 0.0668 e. The first-order valence-corrected chi connectivity index (χ1v) is 8.18. The summed E-state index contributed by atoms with van der Waals surface area (Å²) in [7, 11) is 0. The fourth-order valence-electron chi connectivity index (χ4n) is 3.23. The summed E-state index contributed by atoms with van der Waals surface area (Å²) in [5.41, 5.74) is 10.6. The van der Waals surface area contributed by atoms with Crippen LogP contribution in [0.15, 0.2) is 18.2 Å². The van der Waals surface area contributed by atoms with Gasteiger partial charge in [-0.25, -0.2) is 0 Å². The zero-order valence-electron chi connectivity index (χ0n) is 14.2. The summed E-state index contributed by atoms with van der Waals surface area (Å²) in [4.78, 5) is 0. The van der Waals surface area contributed by atoms with Crippen molar-refractivity contribution in [2.75, 3.05) is 0 Å². The second kappa shape index (κ2) is 5.85. The Morgan fingerprint density at radius 1 is 1.10 bits per heavy atom. The first kappa shape index (κ1) is 16.1. The lowest BCUT2D eigenvalue weighted by atomic mass is 9.63. The Kier molecular flexibility index (Phi) is 4.49. The van der Waals surface area contributed by atoms with E-state index in [1.165, 1.54) is 24.0 Å². The summed E-state index contributed by atoms with van der Waals surface area (Å²) in [5.74, 6) is 6.45. The average Bonchev–Trinajstić information content (AvgIpc) is 2.42. The van der Waals surface area contributed by atoms with Gasteiger partial charge >= 0.3 is 0 Å². The number of fused-ring (bicyclic) bond motifs is 1. The van der Waals surface area contributed by atoms with Gasteiger partial charge in [-0.05, 0) is 53.4 Å². The molecule has 0 bridgehead atoms. The molecule has 1 atom stereocenters. The third kappa shape index (κ3) is 3.50. The van der Waals surface area contributed by atoms with Crippen LogP contribution in [0.25, 0.3) is 0 Å². The quantitative estimate of drug-likeness (QED) is 0.794. The molecular formula is C20H29N. The van der Waals surface area contributed by atoms with Crippen LogP contribution in [0.3, 0.4) is 0 Å². The molecule has 114 valence electrons. The molecule has 0 saturated heterocycles. The number of hydrogen-bond donors (Lipinski definition) is 1. The van der Waals surface area contributed by atoms with Crippen LogP contribution >= 0.6 is 0 Å². The van der Waals surface area contributed by atoms with E-state index in [-0.39, 0.29) is 16.9 Å². The summed E-state index contributed by atoms with van der Waals surface area (Å²) in [6.45, 7) is 11.5. The van der Waals surface area contributed by atoms with Crippen molar-refractivity contribution in [2.24, 2.45) is 5.73 Å². The molecule has 0 spiro atoms. The Labute approximate surface area is 130 Å². The minimum atomic E-state index is -0.00418. The molecule has 0 aliphatic heterocycles. The topological polar surface area (TPSA) is 26.0 Å². The molecule has 0 heterocycles. The number of hydrogen-bond acceptors (Lipinski definition) is 1. The van der Waals surface area contributed by atoms with E-state index in [0.717, 1.165) is 18.4 Å². The summed E-state index contributed by atoms with van der Waals surface area (Å²) in [6.07, 6.45) is 4.54. The van der Waals surface area contributed by atoms with Gasteiger partial charge in [-0.3, -0.25) is 0 Å². The van der Waals surface area contributed by atoms with Crippen molar-refractivity contribution in [3.63, 3.8) is 0 Å². The van der Waals surface area contributed by atoms with Gasteiger partial charge in [-0.15, -0.1) is 0 Å². The second-order valence-electron chi connectivity index (χ2n) is 7.69. The molecule has 1 aromatic rings. The lowest BCUT2D eigenvalue weighted by molar-refractivity contribution is 0.332. The van der Waals surface area contributed by atoms with Crippen LogP contribution in [0.1, 0.15) is 77.0 Å². The van der Waals surface area contributed by atoms with E-state index in [0.29, 0.717) is 0 Å².